The summed E-state index contributed by atoms with van der Waals surface area (Å²) < 4.78 is 10.4. The van der Waals surface area contributed by atoms with E-state index in [9.17, 15) is 9.59 Å². The quantitative estimate of drug-likeness (QED) is 0.671. The van der Waals surface area contributed by atoms with E-state index in [2.05, 4.69) is 35.8 Å². The van der Waals surface area contributed by atoms with Gasteiger partial charge in [0.05, 0.1) is 35.9 Å². The van der Waals surface area contributed by atoms with Crippen LogP contribution in [0.4, 0.5) is 0 Å². The molecule has 25 heavy (non-hydrogen) atoms. The van der Waals surface area contributed by atoms with Crippen LogP contribution in [0.15, 0.2) is 34.9 Å². The van der Waals surface area contributed by atoms with E-state index in [0.717, 1.165) is 5.56 Å². The predicted octanol–water partition coefficient (Wildman–Crippen LogP) is 3.35. The Hall–Kier alpha value is -2.74. The molecule has 0 aliphatic rings. The van der Waals surface area contributed by atoms with E-state index in [1.807, 2.05) is 0 Å². The van der Waals surface area contributed by atoms with Crippen molar-refractivity contribution in [3.05, 3.63) is 46.1 Å². The lowest BCUT2D eigenvalue weighted by atomic mass is 10.1. The van der Waals surface area contributed by atoms with Crippen molar-refractivity contribution >= 4 is 38.9 Å². The molecule has 0 spiro atoms. The maximum absolute atomic E-state index is 12.3. The highest BCUT2D eigenvalue weighted by Gasteiger charge is 2.19. The number of fused-ring (bicyclic) bond motifs is 1. The summed E-state index contributed by atoms with van der Waals surface area (Å²) >= 11 is 3.33. The summed E-state index contributed by atoms with van der Waals surface area (Å²) in [5.41, 5.74) is 2.47. The number of rotatable bonds is 4. The summed E-state index contributed by atoms with van der Waals surface area (Å²) in [6.45, 7) is 2.01. The number of methoxy groups -OCH3 is 1. The van der Waals surface area contributed by atoms with Crippen LogP contribution in [0.5, 0.6) is 0 Å². The number of nitrogens with zero attached hydrogens (tertiary/aromatic N) is 2. The van der Waals surface area contributed by atoms with Crippen LogP contribution in [0.1, 0.15) is 27.6 Å². The Morgan fingerprint density at radius 2 is 1.92 bits per heavy atom. The van der Waals surface area contributed by atoms with Crippen LogP contribution in [0.25, 0.3) is 22.3 Å². The van der Waals surface area contributed by atoms with E-state index in [1.165, 1.54) is 7.11 Å². The van der Waals surface area contributed by atoms with Crippen molar-refractivity contribution in [3.63, 3.8) is 0 Å². The van der Waals surface area contributed by atoms with Crippen LogP contribution in [-0.4, -0.2) is 40.8 Å². The molecule has 0 radical (unpaired) electrons. The molecule has 128 valence electrons. The minimum Gasteiger partial charge on any atom is -0.465 e. The highest BCUT2D eigenvalue weighted by molar-refractivity contribution is 9.10. The summed E-state index contributed by atoms with van der Waals surface area (Å²) in [6.07, 6.45) is 0. The molecule has 1 aromatic carbocycles. The number of nitrogens with one attached hydrogen (secondary N) is 1. The molecule has 2 aromatic heterocycles. The summed E-state index contributed by atoms with van der Waals surface area (Å²) in [6, 6.07) is 8.39. The van der Waals surface area contributed by atoms with Gasteiger partial charge in [-0.3, -0.25) is 5.10 Å². The number of pyridine rings is 1. The van der Waals surface area contributed by atoms with E-state index in [1.54, 1.807) is 37.3 Å². The second kappa shape index (κ2) is 7.02. The number of benzene rings is 1. The first-order valence-corrected chi connectivity index (χ1v) is 8.25. The molecular weight excluding hydrogens is 390 g/mol. The van der Waals surface area contributed by atoms with Crippen molar-refractivity contribution in [2.45, 2.75) is 6.92 Å². The molecule has 0 unspecified atom stereocenters. The molecule has 0 bridgehead atoms. The zero-order chi connectivity index (χ0) is 18.0. The van der Waals surface area contributed by atoms with Gasteiger partial charge in [-0.2, -0.15) is 5.10 Å². The summed E-state index contributed by atoms with van der Waals surface area (Å²) in [5, 5.41) is 7.42. The fourth-order valence-corrected chi connectivity index (χ4v) is 2.88. The summed E-state index contributed by atoms with van der Waals surface area (Å²) in [7, 11) is 1.33. The molecular formula is C17H14BrN3O4. The van der Waals surface area contributed by atoms with Gasteiger partial charge in [-0.1, -0.05) is 12.1 Å². The van der Waals surface area contributed by atoms with Crippen LogP contribution in [0.2, 0.25) is 0 Å². The number of carbonyl (C=O) groups excluding carboxylic acids is 2. The molecule has 3 rings (SSSR count). The van der Waals surface area contributed by atoms with Crippen LogP contribution in [-0.2, 0) is 9.47 Å². The largest absolute Gasteiger partial charge is 0.465 e. The molecule has 0 atom stereocenters. The number of halogens is 1. The predicted molar refractivity (Wildman–Crippen MR) is 94.3 cm³/mol. The molecule has 0 fully saturated rings. The maximum atomic E-state index is 12.3. The number of aromatic amines is 1. The molecule has 3 aromatic rings. The van der Waals surface area contributed by atoms with E-state index < -0.39 is 11.9 Å². The molecule has 1 N–H and O–H groups in total. The van der Waals surface area contributed by atoms with Gasteiger partial charge in [-0.25, -0.2) is 14.6 Å². The Labute approximate surface area is 151 Å². The van der Waals surface area contributed by atoms with Crippen LogP contribution >= 0.6 is 15.9 Å². The summed E-state index contributed by atoms with van der Waals surface area (Å²) in [5.74, 6) is -0.872. The molecule has 8 heteroatoms. The third-order valence-electron chi connectivity index (χ3n) is 3.58. The standard InChI is InChI=1S/C17H14BrN3O4/c1-3-25-17(23)11-8-12(19-15-13(11)14(18)20-21-15)9-4-6-10(7-5-9)16(22)24-2/h4-8H,3H2,1-2H3,(H,19,20,21). The topological polar surface area (TPSA) is 94.2 Å². The Bertz CT molecular complexity index is 950. The van der Waals surface area contributed by atoms with Gasteiger partial charge in [-0.05, 0) is 41.1 Å². The minimum absolute atomic E-state index is 0.265. The molecule has 2 heterocycles. The van der Waals surface area contributed by atoms with Crippen LogP contribution < -0.4 is 0 Å². The first-order chi connectivity index (χ1) is 12.0. The van der Waals surface area contributed by atoms with Gasteiger partial charge in [0.1, 0.15) is 4.60 Å². The van der Waals surface area contributed by atoms with Gasteiger partial charge >= 0.3 is 11.9 Å². The number of carbonyl (C=O) groups is 2. The van der Waals surface area contributed by atoms with Gasteiger partial charge in [0, 0.05) is 5.56 Å². The van der Waals surface area contributed by atoms with Crippen molar-refractivity contribution < 1.29 is 19.1 Å². The van der Waals surface area contributed by atoms with Gasteiger partial charge in [0.2, 0.25) is 0 Å². The van der Waals surface area contributed by atoms with Crippen molar-refractivity contribution in [3.8, 4) is 11.3 Å². The fraction of sp³-hybridized carbons (Fsp3) is 0.176. The van der Waals surface area contributed by atoms with E-state index in [4.69, 9.17) is 4.74 Å². The second-order valence-corrected chi connectivity index (χ2v) is 5.87. The zero-order valence-electron chi connectivity index (χ0n) is 13.5. The first kappa shape index (κ1) is 17.1. The Kier molecular flexibility index (Phi) is 4.80. The molecule has 0 saturated carbocycles. The fourth-order valence-electron chi connectivity index (χ4n) is 2.40. The maximum Gasteiger partial charge on any atom is 0.339 e. The first-order valence-electron chi connectivity index (χ1n) is 7.45. The van der Waals surface area contributed by atoms with Crippen molar-refractivity contribution in [2.24, 2.45) is 0 Å². The van der Waals surface area contributed by atoms with Crippen LogP contribution in [0, 0.1) is 0 Å². The van der Waals surface area contributed by atoms with Crippen molar-refractivity contribution in [1.82, 2.24) is 15.2 Å². The third kappa shape index (κ3) is 3.25. The number of hydrogen-bond acceptors (Lipinski definition) is 6. The molecule has 0 saturated heterocycles. The number of hydrogen-bond donors (Lipinski definition) is 1. The Balaban J connectivity index is 2.10. The molecule has 0 aliphatic carbocycles. The monoisotopic (exact) mass is 403 g/mol. The van der Waals surface area contributed by atoms with Gasteiger partial charge in [-0.15, -0.1) is 0 Å². The van der Waals surface area contributed by atoms with E-state index >= 15 is 0 Å². The lowest BCUT2D eigenvalue weighted by Crippen LogP contribution is -2.06. The number of H-pyrrole nitrogens is 1. The second-order valence-electron chi connectivity index (χ2n) is 5.08. The normalized spacial score (nSPS) is 10.7. The average Bonchev–Trinajstić information content (AvgIpc) is 3.01. The number of ether oxygens (including phenoxy) is 2. The Morgan fingerprint density at radius 3 is 2.56 bits per heavy atom. The van der Waals surface area contributed by atoms with Crippen molar-refractivity contribution in [1.29, 1.82) is 0 Å². The molecule has 0 amide bonds. The van der Waals surface area contributed by atoms with Crippen molar-refractivity contribution in [2.75, 3.05) is 13.7 Å². The molecule has 0 aliphatic heterocycles. The van der Waals surface area contributed by atoms with E-state index in [-0.39, 0.29) is 6.61 Å². The zero-order valence-corrected chi connectivity index (χ0v) is 15.1. The number of aromatic nitrogens is 3. The molecule has 7 nitrogen and oxygen atoms in total. The third-order valence-corrected chi connectivity index (χ3v) is 4.15. The highest BCUT2D eigenvalue weighted by atomic mass is 79.9. The van der Waals surface area contributed by atoms with E-state index in [0.29, 0.717) is 32.5 Å². The van der Waals surface area contributed by atoms with Gasteiger partial charge in [0.25, 0.3) is 0 Å². The number of esters is 2. The minimum atomic E-state index is -0.454. The van der Waals surface area contributed by atoms with Crippen LogP contribution in [0.3, 0.4) is 0 Å². The summed E-state index contributed by atoms with van der Waals surface area (Å²) in [4.78, 5) is 28.3. The Morgan fingerprint density at radius 1 is 1.20 bits per heavy atom. The lowest BCUT2D eigenvalue weighted by Gasteiger charge is -2.07. The smallest absolute Gasteiger partial charge is 0.339 e. The highest BCUT2D eigenvalue weighted by Crippen LogP contribution is 2.29. The average molecular weight is 404 g/mol. The van der Waals surface area contributed by atoms with Gasteiger partial charge in [0.15, 0.2) is 5.65 Å². The SMILES string of the molecule is CCOC(=O)c1cc(-c2ccc(C(=O)OC)cc2)nc2n[nH]c(Br)c12. The van der Waals surface area contributed by atoms with Gasteiger partial charge < -0.3 is 9.47 Å². The lowest BCUT2D eigenvalue weighted by molar-refractivity contribution is 0.0527.